The van der Waals surface area contributed by atoms with Gasteiger partial charge >= 0.3 is 5.97 Å². The van der Waals surface area contributed by atoms with Crippen LogP contribution in [0.1, 0.15) is 45.3 Å². The van der Waals surface area contributed by atoms with E-state index in [0.29, 0.717) is 12.0 Å². The highest BCUT2D eigenvalue weighted by Crippen LogP contribution is 2.43. The number of nitrogens with one attached hydrogen (secondary N) is 2. The summed E-state index contributed by atoms with van der Waals surface area (Å²) in [4.78, 5) is 22.1. The fourth-order valence-corrected chi connectivity index (χ4v) is 7.44. The Morgan fingerprint density at radius 1 is 1.11 bits per heavy atom. The van der Waals surface area contributed by atoms with E-state index in [9.17, 15) is 13.2 Å². The molecular formula is C32H31ClF3N5O5S. The molecule has 2 N–H and O–H groups in total. The molecule has 6 rings (SSSR count). The summed E-state index contributed by atoms with van der Waals surface area (Å²) in [5.41, 5.74) is -1.45. The third-order valence-corrected chi connectivity index (χ3v) is 9.86. The Kier molecular flexibility index (Phi) is 8.94. The van der Waals surface area contributed by atoms with Gasteiger partial charge < -0.3 is 19.7 Å². The van der Waals surface area contributed by atoms with Crippen LogP contribution in [0.15, 0.2) is 47.5 Å². The molecule has 0 radical (unpaired) electrons. The predicted octanol–water partition coefficient (Wildman–Crippen LogP) is 6.45. The highest BCUT2D eigenvalue weighted by Gasteiger charge is 2.34. The lowest BCUT2D eigenvalue weighted by atomic mass is 10.0. The Hall–Kier alpha value is -4.14. The Morgan fingerprint density at radius 3 is 2.55 bits per heavy atom. The standard InChI is InChI=1S/C32H31ClF3N5O5S/c1-16(2)41-10-8-19(9-11-41)38-32-37-14-22-24(39-32)6-4-20(29(22)35)28-23(34)5-7-25(30(28)36)40-47(43,44)27-13-18(33)12-21-26(46-17(3)42)15-45-31(21)27/h4-7,12-14,16,19,26,40H,8-11,15H2,1-3H3,(H,37,38,39)/t26-/m1/s1. The molecule has 0 unspecified atom stereocenters. The number of rotatable bonds is 8. The van der Waals surface area contributed by atoms with Crippen LogP contribution >= 0.6 is 11.6 Å². The lowest BCUT2D eigenvalue weighted by Gasteiger charge is -2.34. The summed E-state index contributed by atoms with van der Waals surface area (Å²) < 4.78 is 86.6. The van der Waals surface area contributed by atoms with Gasteiger partial charge in [0.25, 0.3) is 10.0 Å². The molecule has 1 atom stereocenters. The molecule has 2 aliphatic rings. The summed E-state index contributed by atoms with van der Waals surface area (Å²) in [5, 5.41) is 3.21. The molecule has 15 heteroatoms. The molecule has 2 aliphatic heterocycles. The molecule has 1 aromatic heterocycles. The first-order valence-electron chi connectivity index (χ1n) is 14.9. The molecule has 3 aromatic carbocycles. The van der Waals surface area contributed by atoms with Gasteiger partial charge in [-0.2, -0.15) is 0 Å². The number of likely N-dealkylation sites (tertiary alicyclic amines) is 1. The van der Waals surface area contributed by atoms with Crippen LogP contribution in [0.4, 0.5) is 24.8 Å². The van der Waals surface area contributed by atoms with Crippen molar-refractivity contribution in [2.24, 2.45) is 0 Å². The molecule has 1 fully saturated rings. The summed E-state index contributed by atoms with van der Waals surface area (Å²) in [6.45, 7) is 7.20. The fraction of sp³-hybridized carbons (Fsp3) is 0.344. The van der Waals surface area contributed by atoms with Crippen LogP contribution in [0.2, 0.25) is 5.02 Å². The summed E-state index contributed by atoms with van der Waals surface area (Å²) in [5.74, 6) is -3.88. The number of fused-ring (bicyclic) bond motifs is 2. The Labute approximate surface area is 274 Å². The van der Waals surface area contributed by atoms with Gasteiger partial charge in [-0.05, 0) is 63.1 Å². The second-order valence-corrected chi connectivity index (χ2v) is 13.8. The zero-order valence-corrected chi connectivity index (χ0v) is 27.2. The number of hydrogen-bond acceptors (Lipinski definition) is 9. The smallest absolute Gasteiger partial charge is 0.303 e. The van der Waals surface area contributed by atoms with Gasteiger partial charge in [0.1, 0.15) is 28.9 Å². The van der Waals surface area contributed by atoms with Gasteiger partial charge in [0.2, 0.25) is 5.95 Å². The number of sulfonamides is 1. The number of aromatic nitrogens is 2. The number of nitrogens with zero attached hydrogens (tertiary/aromatic N) is 3. The number of hydrogen-bond donors (Lipinski definition) is 2. The third kappa shape index (κ3) is 6.54. The minimum atomic E-state index is -4.60. The van der Waals surface area contributed by atoms with Crippen molar-refractivity contribution >= 4 is 50.1 Å². The van der Waals surface area contributed by atoms with Crippen molar-refractivity contribution in [3.8, 4) is 16.9 Å². The average molecular weight is 690 g/mol. The largest absolute Gasteiger partial charge is 0.487 e. The van der Waals surface area contributed by atoms with Crippen molar-refractivity contribution in [1.29, 1.82) is 0 Å². The number of ether oxygens (including phenoxy) is 2. The Balaban J connectivity index is 1.28. The van der Waals surface area contributed by atoms with Crippen LogP contribution in [-0.4, -0.2) is 61.0 Å². The highest BCUT2D eigenvalue weighted by atomic mass is 35.5. The van der Waals surface area contributed by atoms with E-state index in [2.05, 4.69) is 38.8 Å². The van der Waals surface area contributed by atoms with Crippen molar-refractivity contribution < 1.29 is 35.9 Å². The van der Waals surface area contributed by atoms with Gasteiger partial charge in [-0.15, -0.1) is 0 Å². The number of esters is 1. The van der Waals surface area contributed by atoms with Crippen molar-refractivity contribution in [3.05, 3.63) is 70.6 Å². The molecule has 4 aromatic rings. The van der Waals surface area contributed by atoms with Crippen LogP contribution in [0.3, 0.4) is 0 Å². The van der Waals surface area contributed by atoms with Crippen LogP contribution in [0.25, 0.3) is 22.0 Å². The second kappa shape index (κ2) is 12.8. The zero-order chi connectivity index (χ0) is 33.6. The lowest BCUT2D eigenvalue weighted by Crippen LogP contribution is -2.42. The van der Waals surface area contributed by atoms with E-state index in [-0.39, 0.29) is 39.9 Å². The molecule has 47 heavy (non-hydrogen) atoms. The monoisotopic (exact) mass is 689 g/mol. The van der Waals surface area contributed by atoms with Crippen LogP contribution < -0.4 is 14.8 Å². The minimum absolute atomic E-state index is 0.0117. The van der Waals surface area contributed by atoms with Gasteiger partial charge in [0, 0.05) is 54.4 Å². The van der Waals surface area contributed by atoms with E-state index < -0.39 is 61.3 Å². The molecule has 10 nitrogen and oxygen atoms in total. The molecule has 0 aliphatic carbocycles. The number of carbonyl (C=O) groups is 1. The minimum Gasteiger partial charge on any atom is -0.487 e. The summed E-state index contributed by atoms with van der Waals surface area (Å²) in [7, 11) is -4.60. The molecule has 3 heterocycles. The maximum atomic E-state index is 15.9. The summed E-state index contributed by atoms with van der Waals surface area (Å²) >= 11 is 6.17. The topological polar surface area (TPSA) is 123 Å². The van der Waals surface area contributed by atoms with E-state index in [0.717, 1.165) is 44.1 Å². The quantitative estimate of drug-likeness (QED) is 0.201. The molecule has 1 saturated heterocycles. The Morgan fingerprint density at radius 2 is 1.85 bits per heavy atom. The molecule has 0 spiro atoms. The molecule has 0 saturated carbocycles. The third-order valence-electron chi connectivity index (χ3n) is 8.27. The van der Waals surface area contributed by atoms with Gasteiger partial charge in [-0.3, -0.25) is 9.52 Å². The van der Waals surface area contributed by atoms with E-state index in [4.69, 9.17) is 21.1 Å². The normalized spacial score (nSPS) is 17.1. The first kappa shape index (κ1) is 32.8. The predicted molar refractivity (Wildman–Crippen MR) is 170 cm³/mol. The van der Waals surface area contributed by atoms with Crippen molar-refractivity contribution in [1.82, 2.24) is 14.9 Å². The van der Waals surface area contributed by atoms with E-state index in [1.54, 1.807) is 0 Å². The van der Waals surface area contributed by atoms with E-state index in [1.165, 1.54) is 31.3 Å². The molecule has 0 bridgehead atoms. The maximum absolute atomic E-state index is 15.9. The number of benzene rings is 3. The molecule has 248 valence electrons. The Bertz CT molecular complexity index is 1990. The molecular weight excluding hydrogens is 659 g/mol. The first-order valence-corrected chi connectivity index (χ1v) is 16.8. The van der Waals surface area contributed by atoms with Crippen molar-refractivity contribution in [2.45, 2.75) is 56.7 Å². The first-order chi connectivity index (χ1) is 22.3. The van der Waals surface area contributed by atoms with Crippen molar-refractivity contribution in [2.75, 3.05) is 29.7 Å². The van der Waals surface area contributed by atoms with Gasteiger partial charge in [-0.25, -0.2) is 31.6 Å². The number of piperidine rings is 1. The van der Waals surface area contributed by atoms with Crippen LogP contribution in [0, 0.1) is 17.5 Å². The highest BCUT2D eigenvalue weighted by molar-refractivity contribution is 7.92. The zero-order valence-electron chi connectivity index (χ0n) is 25.6. The van der Waals surface area contributed by atoms with E-state index >= 15 is 13.2 Å². The fourth-order valence-electron chi connectivity index (χ4n) is 5.88. The van der Waals surface area contributed by atoms with Gasteiger partial charge in [0.15, 0.2) is 11.9 Å². The number of halogens is 4. The van der Waals surface area contributed by atoms with Crippen molar-refractivity contribution in [3.63, 3.8) is 0 Å². The lowest BCUT2D eigenvalue weighted by molar-refractivity contribution is -0.147. The summed E-state index contributed by atoms with van der Waals surface area (Å²) in [6, 6.07) is 7.40. The van der Waals surface area contributed by atoms with Gasteiger partial charge in [0.05, 0.1) is 22.2 Å². The maximum Gasteiger partial charge on any atom is 0.303 e. The van der Waals surface area contributed by atoms with Crippen LogP contribution in [-0.2, 0) is 19.6 Å². The van der Waals surface area contributed by atoms with E-state index in [1.807, 2.05) is 0 Å². The van der Waals surface area contributed by atoms with Gasteiger partial charge in [-0.1, -0.05) is 11.6 Å². The number of carbonyl (C=O) groups excluding carboxylic acids is 1. The molecule has 0 amide bonds. The average Bonchev–Trinajstić information content (AvgIpc) is 3.40. The second-order valence-electron chi connectivity index (χ2n) is 11.7. The SMILES string of the molecule is CC(=O)O[C@@H]1COc2c1cc(Cl)cc2S(=O)(=O)Nc1ccc(F)c(-c2ccc3nc(NC4CCN(C(C)C)CC4)ncc3c2F)c1F. The summed E-state index contributed by atoms with van der Waals surface area (Å²) in [6.07, 6.45) is 2.14. The van der Waals surface area contributed by atoms with Crippen LogP contribution in [0.5, 0.6) is 5.75 Å². The number of anilines is 2.